The molecule has 0 saturated heterocycles. The van der Waals surface area contributed by atoms with E-state index in [1.165, 1.54) is 0 Å². The molecule has 1 amide bonds. The highest BCUT2D eigenvalue weighted by Crippen LogP contribution is 2.13. The minimum atomic E-state index is -3.55. The van der Waals surface area contributed by atoms with Gasteiger partial charge in [-0.15, -0.1) is 0 Å². The van der Waals surface area contributed by atoms with E-state index < -0.39 is 21.5 Å². The standard InChI is InChI=1S/C17H18ClNO4S/c18-15-6-4-5-14(11-15)12-24(21,22)13-17(20)19-9-10-23-16-7-2-1-3-8-16/h1-8,11H,9-10,12-13H2,(H,19,20). The second-order valence-electron chi connectivity index (χ2n) is 5.17. The highest BCUT2D eigenvalue weighted by molar-refractivity contribution is 7.91. The van der Waals surface area contributed by atoms with E-state index in [2.05, 4.69) is 5.32 Å². The second kappa shape index (κ2) is 8.70. The van der Waals surface area contributed by atoms with Crippen molar-refractivity contribution in [2.45, 2.75) is 5.75 Å². The van der Waals surface area contributed by atoms with E-state index in [9.17, 15) is 13.2 Å². The summed E-state index contributed by atoms with van der Waals surface area (Å²) in [4.78, 5) is 11.8. The van der Waals surface area contributed by atoms with Crippen LogP contribution in [0.15, 0.2) is 54.6 Å². The van der Waals surface area contributed by atoms with Crippen molar-refractivity contribution in [2.75, 3.05) is 18.9 Å². The molecule has 0 fully saturated rings. The number of halogens is 1. The van der Waals surface area contributed by atoms with Crippen molar-refractivity contribution in [3.8, 4) is 5.75 Å². The van der Waals surface area contributed by atoms with Gasteiger partial charge in [-0.25, -0.2) is 8.42 Å². The first-order valence-corrected chi connectivity index (χ1v) is 9.54. The number of sulfone groups is 1. The van der Waals surface area contributed by atoms with Gasteiger partial charge in [-0.2, -0.15) is 0 Å². The minimum absolute atomic E-state index is 0.221. The van der Waals surface area contributed by atoms with Gasteiger partial charge in [0.1, 0.15) is 18.1 Å². The summed E-state index contributed by atoms with van der Waals surface area (Å²) >= 11 is 5.83. The van der Waals surface area contributed by atoms with Gasteiger partial charge in [0.25, 0.3) is 0 Å². The van der Waals surface area contributed by atoms with E-state index in [0.29, 0.717) is 16.3 Å². The van der Waals surface area contributed by atoms with E-state index in [1.54, 1.807) is 36.4 Å². The van der Waals surface area contributed by atoms with Gasteiger partial charge in [0, 0.05) is 5.02 Å². The topological polar surface area (TPSA) is 72.5 Å². The summed E-state index contributed by atoms with van der Waals surface area (Å²) in [6.07, 6.45) is 0. The maximum atomic E-state index is 12.0. The molecule has 0 aliphatic heterocycles. The molecule has 0 aromatic heterocycles. The zero-order chi connectivity index (χ0) is 17.4. The minimum Gasteiger partial charge on any atom is -0.492 e. The van der Waals surface area contributed by atoms with Gasteiger partial charge in [-0.05, 0) is 29.8 Å². The Morgan fingerprint density at radius 1 is 1.08 bits per heavy atom. The molecule has 0 aliphatic rings. The number of rotatable bonds is 8. The molecule has 2 aromatic carbocycles. The summed E-state index contributed by atoms with van der Waals surface area (Å²) in [6, 6.07) is 15.7. The van der Waals surface area contributed by atoms with Crippen molar-refractivity contribution >= 4 is 27.3 Å². The Balaban J connectivity index is 1.74. The Kier molecular flexibility index (Phi) is 6.63. The van der Waals surface area contributed by atoms with Crippen LogP contribution in [0.1, 0.15) is 5.56 Å². The molecule has 0 bridgehead atoms. The highest BCUT2D eigenvalue weighted by atomic mass is 35.5. The third-order valence-electron chi connectivity index (χ3n) is 3.06. The van der Waals surface area contributed by atoms with Crippen molar-refractivity contribution in [2.24, 2.45) is 0 Å². The SMILES string of the molecule is O=C(CS(=O)(=O)Cc1cccc(Cl)c1)NCCOc1ccccc1. The average molecular weight is 368 g/mol. The molecule has 0 aliphatic carbocycles. The maximum absolute atomic E-state index is 12.0. The predicted octanol–water partition coefficient (Wildman–Crippen LogP) is 2.45. The van der Waals surface area contributed by atoms with Crippen LogP contribution in [0, 0.1) is 0 Å². The van der Waals surface area contributed by atoms with Crippen LogP contribution < -0.4 is 10.1 Å². The predicted molar refractivity (Wildman–Crippen MR) is 93.9 cm³/mol. The molecule has 0 unspecified atom stereocenters. The monoisotopic (exact) mass is 367 g/mol. The third-order valence-corrected chi connectivity index (χ3v) is 4.77. The van der Waals surface area contributed by atoms with E-state index >= 15 is 0 Å². The van der Waals surface area contributed by atoms with Crippen LogP contribution in [0.25, 0.3) is 0 Å². The number of amides is 1. The summed E-state index contributed by atoms with van der Waals surface area (Å²) in [6.45, 7) is 0.504. The lowest BCUT2D eigenvalue weighted by atomic mass is 10.2. The van der Waals surface area contributed by atoms with Gasteiger partial charge >= 0.3 is 0 Å². The van der Waals surface area contributed by atoms with E-state index in [4.69, 9.17) is 16.3 Å². The first kappa shape index (κ1) is 18.3. The Hall–Kier alpha value is -2.05. The van der Waals surface area contributed by atoms with Crippen LogP contribution in [0.4, 0.5) is 0 Å². The fourth-order valence-corrected chi connectivity index (χ4v) is 3.56. The first-order valence-electron chi connectivity index (χ1n) is 7.34. The van der Waals surface area contributed by atoms with Gasteiger partial charge in [-0.1, -0.05) is 41.9 Å². The number of carbonyl (C=O) groups excluding carboxylic acids is 1. The summed E-state index contributed by atoms with van der Waals surface area (Å²) in [5, 5.41) is 3.00. The number of para-hydroxylation sites is 1. The molecule has 1 N–H and O–H groups in total. The van der Waals surface area contributed by atoms with Crippen molar-refractivity contribution in [1.82, 2.24) is 5.32 Å². The van der Waals surface area contributed by atoms with Crippen molar-refractivity contribution in [3.63, 3.8) is 0 Å². The number of carbonyl (C=O) groups is 1. The molecule has 7 heteroatoms. The lowest BCUT2D eigenvalue weighted by Crippen LogP contribution is -2.33. The summed E-state index contributed by atoms with van der Waals surface area (Å²) in [5.41, 5.74) is 0.558. The molecule has 0 spiro atoms. The maximum Gasteiger partial charge on any atom is 0.235 e. The largest absolute Gasteiger partial charge is 0.492 e. The quantitative estimate of drug-likeness (QED) is 0.727. The molecular formula is C17H18ClNO4S. The average Bonchev–Trinajstić information content (AvgIpc) is 2.51. The van der Waals surface area contributed by atoms with Gasteiger partial charge in [0.15, 0.2) is 9.84 Å². The molecule has 0 heterocycles. The number of hydrogen-bond donors (Lipinski definition) is 1. The van der Waals surface area contributed by atoms with Crippen molar-refractivity contribution < 1.29 is 17.9 Å². The van der Waals surface area contributed by atoms with E-state index in [1.807, 2.05) is 18.2 Å². The fourth-order valence-electron chi connectivity index (χ4n) is 2.06. The highest BCUT2D eigenvalue weighted by Gasteiger charge is 2.17. The van der Waals surface area contributed by atoms with Crippen molar-refractivity contribution in [3.05, 3.63) is 65.2 Å². The molecule has 24 heavy (non-hydrogen) atoms. The molecule has 0 atom stereocenters. The van der Waals surface area contributed by atoms with Crippen LogP contribution in [0.5, 0.6) is 5.75 Å². The lowest BCUT2D eigenvalue weighted by Gasteiger charge is -2.08. The molecule has 2 rings (SSSR count). The van der Waals surface area contributed by atoms with E-state index in [-0.39, 0.29) is 18.9 Å². The van der Waals surface area contributed by atoms with Crippen LogP contribution in [-0.4, -0.2) is 33.2 Å². The number of ether oxygens (including phenoxy) is 1. The molecule has 5 nitrogen and oxygen atoms in total. The van der Waals surface area contributed by atoms with Gasteiger partial charge in [0.05, 0.1) is 12.3 Å². The zero-order valence-corrected chi connectivity index (χ0v) is 14.5. The van der Waals surface area contributed by atoms with E-state index in [0.717, 1.165) is 0 Å². The Morgan fingerprint density at radius 2 is 1.83 bits per heavy atom. The summed E-state index contributed by atoms with van der Waals surface area (Å²) < 4.78 is 29.5. The molecule has 128 valence electrons. The number of hydrogen-bond acceptors (Lipinski definition) is 4. The molecule has 2 aromatic rings. The van der Waals surface area contributed by atoms with Crippen LogP contribution in [0.3, 0.4) is 0 Å². The Labute approximate surface area is 146 Å². The normalized spacial score (nSPS) is 11.0. The van der Waals surface area contributed by atoms with Gasteiger partial charge in [-0.3, -0.25) is 4.79 Å². The third kappa shape index (κ3) is 6.60. The smallest absolute Gasteiger partial charge is 0.235 e. The Bertz CT molecular complexity index is 778. The van der Waals surface area contributed by atoms with Crippen LogP contribution in [0.2, 0.25) is 5.02 Å². The van der Waals surface area contributed by atoms with Crippen LogP contribution in [-0.2, 0) is 20.4 Å². The van der Waals surface area contributed by atoms with Crippen LogP contribution >= 0.6 is 11.6 Å². The Morgan fingerprint density at radius 3 is 2.54 bits per heavy atom. The first-order chi connectivity index (χ1) is 11.4. The van der Waals surface area contributed by atoms with Crippen molar-refractivity contribution in [1.29, 1.82) is 0 Å². The summed E-state index contributed by atoms with van der Waals surface area (Å²) in [7, 11) is -3.55. The summed E-state index contributed by atoms with van der Waals surface area (Å²) in [5.74, 6) is -0.638. The molecule has 0 radical (unpaired) electrons. The number of nitrogens with one attached hydrogen (secondary N) is 1. The van der Waals surface area contributed by atoms with Gasteiger partial charge < -0.3 is 10.1 Å². The fraction of sp³-hybridized carbons (Fsp3) is 0.235. The second-order valence-corrected chi connectivity index (χ2v) is 7.67. The molecular weight excluding hydrogens is 350 g/mol. The lowest BCUT2D eigenvalue weighted by molar-refractivity contribution is -0.118. The molecule has 0 saturated carbocycles. The number of benzene rings is 2. The zero-order valence-electron chi connectivity index (χ0n) is 12.9. The van der Waals surface area contributed by atoms with Gasteiger partial charge in [0.2, 0.25) is 5.91 Å².